The number of nitrogens with zero attached hydrogens (tertiary/aromatic N) is 1. The smallest absolute Gasteiger partial charge is 0.300 e. The molecule has 31 heavy (non-hydrogen) atoms. The molecule has 6 heteroatoms. The van der Waals surface area contributed by atoms with Crippen LogP contribution in [0.15, 0.2) is 72.3 Å². The molecular formula is C25H19Cl2NO3. The maximum absolute atomic E-state index is 13.1. The zero-order valence-corrected chi connectivity index (χ0v) is 18.4. The fourth-order valence-electron chi connectivity index (χ4n) is 3.76. The number of rotatable bonds is 3. The highest BCUT2D eigenvalue weighted by Gasteiger charge is 2.47. The molecule has 0 radical (unpaired) electrons. The molecule has 1 aliphatic rings. The zero-order valence-electron chi connectivity index (χ0n) is 16.9. The van der Waals surface area contributed by atoms with Gasteiger partial charge < -0.3 is 5.11 Å². The number of ketones is 1. The molecule has 4 rings (SSSR count). The Balaban J connectivity index is 1.96. The van der Waals surface area contributed by atoms with Gasteiger partial charge in [-0.3, -0.25) is 14.5 Å². The van der Waals surface area contributed by atoms with Gasteiger partial charge in [0.05, 0.1) is 21.7 Å². The van der Waals surface area contributed by atoms with E-state index in [0.717, 1.165) is 16.7 Å². The molecule has 1 saturated heterocycles. The second-order valence-electron chi connectivity index (χ2n) is 7.55. The van der Waals surface area contributed by atoms with Gasteiger partial charge in [-0.1, -0.05) is 70.7 Å². The van der Waals surface area contributed by atoms with E-state index in [-0.39, 0.29) is 16.4 Å². The number of amides is 1. The van der Waals surface area contributed by atoms with Crippen molar-refractivity contribution in [1.29, 1.82) is 0 Å². The molecule has 1 heterocycles. The van der Waals surface area contributed by atoms with Gasteiger partial charge in [0, 0.05) is 11.3 Å². The molecule has 156 valence electrons. The van der Waals surface area contributed by atoms with Crippen molar-refractivity contribution in [1.82, 2.24) is 0 Å². The van der Waals surface area contributed by atoms with E-state index in [0.29, 0.717) is 16.3 Å². The van der Waals surface area contributed by atoms with Crippen LogP contribution in [0.2, 0.25) is 10.0 Å². The molecule has 0 saturated carbocycles. The lowest BCUT2D eigenvalue weighted by molar-refractivity contribution is -0.132. The molecule has 3 aromatic carbocycles. The van der Waals surface area contributed by atoms with Crippen molar-refractivity contribution in [3.05, 3.63) is 105 Å². The van der Waals surface area contributed by atoms with Crippen molar-refractivity contribution in [2.24, 2.45) is 0 Å². The Kier molecular flexibility index (Phi) is 5.61. The Labute approximate surface area is 190 Å². The Hall–Kier alpha value is -3.08. The van der Waals surface area contributed by atoms with Crippen molar-refractivity contribution in [3.63, 3.8) is 0 Å². The summed E-state index contributed by atoms with van der Waals surface area (Å²) < 4.78 is 0. The first kappa shape index (κ1) is 21.2. The van der Waals surface area contributed by atoms with Crippen molar-refractivity contribution in [3.8, 4) is 0 Å². The lowest BCUT2D eigenvalue weighted by atomic mass is 9.94. The summed E-state index contributed by atoms with van der Waals surface area (Å²) in [7, 11) is 0. The van der Waals surface area contributed by atoms with Crippen LogP contribution in [-0.4, -0.2) is 16.8 Å². The number of carbonyl (C=O) groups excluding carboxylic acids is 2. The lowest BCUT2D eigenvalue weighted by Crippen LogP contribution is -2.29. The average Bonchev–Trinajstić information content (AvgIpc) is 3.01. The molecule has 4 nitrogen and oxygen atoms in total. The van der Waals surface area contributed by atoms with E-state index in [1.807, 2.05) is 50.2 Å². The third-order valence-electron chi connectivity index (χ3n) is 5.31. The molecule has 0 spiro atoms. The molecule has 0 bridgehead atoms. The largest absolute Gasteiger partial charge is 0.507 e. The van der Waals surface area contributed by atoms with Crippen LogP contribution in [-0.2, 0) is 9.59 Å². The molecule has 1 atom stereocenters. The molecule has 0 aromatic heterocycles. The second-order valence-corrected chi connectivity index (χ2v) is 8.36. The van der Waals surface area contributed by atoms with Gasteiger partial charge in [0.1, 0.15) is 5.76 Å². The van der Waals surface area contributed by atoms with E-state index >= 15 is 0 Å². The Morgan fingerprint density at radius 1 is 0.871 bits per heavy atom. The third-order valence-corrected chi connectivity index (χ3v) is 6.05. The summed E-state index contributed by atoms with van der Waals surface area (Å²) in [4.78, 5) is 27.7. The fraction of sp³-hybridized carbons (Fsp3) is 0.120. The maximum atomic E-state index is 13.1. The average molecular weight is 452 g/mol. The summed E-state index contributed by atoms with van der Waals surface area (Å²) in [6.45, 7) is 3.88. The Bertz CT molecular complexity index is 1230. The maximum Gasteiger partial charge on any atom is 0.300 e. The summed E-state index contributed by atoms with van der Waals surface area (Å²) in [5, 5.41) is 11.7. The van der Waals surface area contributed by atoms with Crippen LogP contribution < -0.4 is 4.90 Å². The number of aliphatic hydroxyl groups is 1. The monoisotopic (exact) mass is 451 g/mol. The molecule has 0 aliphatic carbocycles. The normalized spacial score (nSPS) is 17.9. The van der Waals surface area contributed by atoms with Crippen LogP contribution in [0.25, 0.3) is 5.76 Å². The summed E-state index contributed by atoms with van der Waals surface area (Å²) in [6.07, 6.45) is 0. The van der Waals surface area contributed by atoms with Crippen LogP contribution in [0.3, 0.4) is 0 Å². The van der Waals surface area contributed by atoms with E-state index in [1.54, 1.807) is 18.2 Å². The predicted octanol–water partition coefficient (Wildman–Crippen LogP) is 6.24. The van der Waals surface area contributed by atoms with Crippen molar-refractivity contribution in [2.45, 2.75) is 19.9 Å². The Morgan fingerprint density at radius 2 is 1.58 bits per heavy atom. The number of aryl methyl sites for hydroxylation is 2. The molecule has 1 aliphatic heterocycles. The van der Waals surface area contributed by atoms with Gasteiger partial charge in [0.2, 0.25) is 0 Å². The van der Waals surface area contributed by atoms with Gasteiger partial charge in [0.25, 0.3) is 11.7 Å². The number of hydrogen-bond acceptors (Lipinski definition) is 3. The summed E-state index contributed by atoms with van der Waals surface area (Å²) in [5.74, 6) is -1.74. The van der Waals surface area contributed by atoms with Crippen molar-refractivity contribution in [2.75, 3.05) is 4.90 Å². The standard InChI is InChI=1S/C25H19Cl2NO3/c1-14-6-9-18(10-7-14)28-22(16-5-3-4-15(2)12-16)21(24(30)25(28)31)23(29)17-8-11-19(26)20(27)13-17/h3-13,22,29H,1-2H3/b23-21-. The fourth-order valence-corrected chi connectivity index (χ4v) is 4.06. The first-order valence-corrected chi connectivity index (χ1v) is 10.4. The molecule has 1 N–H and O–H groups in total. The SMILES string of the molecule is Cc1ccc(N2C(=O)C(=O)/C(=C(\O)c3ccc(Cl)c(Cl)c3)C2c2cccc(C)c2)cc1. The van der Waals surface area contributed by atoms with Crippen LogP contribution >= 0.6 is 23.2 Å². The number of halogens is 2. The zero-order chi connectivity index (χ0) is 22.3. The third kappa shape index (κ3) is 3.85. The van der Waals surface area contributed by atoms with E-state index in [4.69, 9.17) is 23.2 Å². The van der Waals surface area contributed by atoms with E-state index in [2.05, 4.69) is 0 Å². The van der Waals surface area contributed by atoms with Gasteiger partial charge in [-0.25, -0.2) is 0 Å². The highest BCUT2D eigenvalue weighted by atomic mass is 35.5. The number of benzene rings is 3. The number of aliphatic hydroxyl groups excluding tert-OH is 1. The summed E-state index contributed by atoms with van der Waals surface area (Å²) >= 11 is 12.1. The number of anilines is 1. The predicted molar refractivity (Wildman–Crippen MR) is 124 cm³/mol. The van der Waals surface area contributed by atoms with Gasteiger partial charge >= 0.3 is 0 Å². The van der Waals surface area contributed by atoms with E-state index in [9.17, 15) is 14.7 Å². The first-order valence-electron chi connectivity index (χ1n) is 9.67. The quantitative estimate of drug-likeness (QED) is 0.291. The minimum atomic E-state index is -0.781. The molecular weight excluding hydrogens is 433 g/mol. The lowest BCUT2D eigenvalue weighted by Gasteiger charge is -2.26. The number of Topliss-reactive ketones (excluding diaryl/α,β-unsaturated/α-hetero) is 1. The topological polar surface area (TPSA) is 57.6 Å². The van der Waals surface area contributed by atoms with Crippen LogP contribution in [0, 0.1) is 13.8 Å². The van der Waals surface area contributed by atoms with E-state index in [1.165, 1.54) is 17.0 Å². The van der Waals surface area contributed by atoms with E-state index < -0.39 is 17.7 Å². The molecule has 1 unspecified atom stereocenters. The molecule has 1 amide bonds. The van der Waals surface area contributed by atoms with Crippen LogP contribution in [0.4, 0.5) is 5.69 Å². The van der Waals surface area contributed by atoms with Gasteiger partial charge in [-0.2, -0.15) is 0 Å². The molecule has 1 fully saturated rings. The Morgan fingerprint density at radius 3 is 2.23 bits per heavy atom. The minimum absolute atomic E-state index is 0.00886. The van der Waals surface area contributed by atoms with Crippen molar-refractivity contribution >= 4 is 46.3 Å². The van der Waals surface area contributed by atoms with Gasteiger partial charge in [-0.05, 0) is 49.7 Å². The minimum Gasteiger partial charge on any atom is -0.507 e. The van der Waals surface area contributed by atoms with Crippen LogP contribution in [0.1, 0.15) is 28.3 Å². The highest BCUT2D eigenvalue weighted by Crippen LogP contribution is 2.42. The van der Waals surface area contributed by atoms with Crippen LogP contribution in [0.5, 0.6) is 0 Å². The summed E-state index contributed by atoms with van der Waals surface area (Å²) in [5.41, 5.74) is 3.63. The molecule has 3 aromatic rings. The first-order chi connectivity index (χ1) is 14.8. The van der Waals surface area contributed by atoms with Gasteiger partial charge in [-0.15, -0.1) is 0 Å². The summed E-state index contributed by atoms with van der Waals surface area (Å²) in [6, 6.07) is 18.7. The van der Waals surface area contributed by atoms with Crippen molar-refractivity contribution < 1.29 is 14.7 Å². The number of hydrogen-bond donors (Lipinski definition) is 1. The van der Waals surface area contributed by atoms with Gasteiger partial charge in [0.15, 0.2) is 0 Å². The second kappa shape index (κ2) is 8.22. The highest BCUT2D eigenvalue weighted by molar-refractivity contribution is 6.51. The number of carbonyl (C=O) groups is 2.